The van der Waals surface area contributed by atoms with Gasteiger partial charge >= 0.3 is 0 Å². The van der Waals surface area contributed by atoms with Crippen LogP contribution in [0.1, 0.15) is 0 Å². The predicted octanol–water partition coefficient (Wildman–Crippen LogP) is 14.7. The van der Waals surface area contributed by atoms with Crippen LogP contribution in [0.25, 0.3) is 108 Å². The summed E-state index contributed by atoms with van der Waals surface area (Å²) >= 11 is 1.87. The Kier molecular flexibility index (Phi) is 6.54. The van der Waals surface area contributed by atoms with Gasteiger partial charge in [-0.15, -0.1) is 11.3 Å². The number of benzene rings is 9. The van der Waals surface area contributed by atoms with Gasteiger partial charge in [0.1, 0.15) is 0 Å². The molecule has 0 fully saturated rings. The fraction of sp³-hybridized carbons (Fsp3) is 0. The molecular formula is C52H32N2S. The molecule has 0 saturated carbocycles. The number of hydrogen-bond acceptors (Lipinski definition) is 1. The summed E-state index contributed by atoms with van der Waals surface area (Å²) in [6, 6.07) is 71.5. The minimum atomic E-state index is 1.17. The van der Waals surface area contributed by atoms with Gasteiger partial charge in [-0.05, 0) is 94.4 Å². The molecule has 3 heterocycles. The number of nitrogens with zero attached hydrogens (tertiary/aromatic N) is 2. The Hall–Kier alpha value is -6.94. The summed E-state index contributed by atoms with van der Waals surface area (Å²) in [5.74, 6) is 0. The largest absolute Gasteiger partial charge is 0.309 e. The van der Waals surface area contributed by atoms with E-state index in [1.165, 1.54) is 108 Å². The Morgan fingerprint density at radius 1 is 0.327 bits per heavy atom. The standard InChI is InChI=1S/C52H32N2S/c1-3-12-33(13-4-1)39-19-11-20-48-51(39)45-31-36(24-28-47(45)53(48)38-25-29-50-44(32-38)41-18-9-10-21-49(41)55-50)35-23-27-46-43(30-35)42-26-22-34-14-7-8-17-40(34)52(42)54(46)37-15-5-2-6-16-37/h1-32H. The van der Waals surface area contributed by atoms with Gasteiger partial charge in [-0.25, -0.2) is 0 Å². The van der Waals surface area contributed by atoms with Crippen molar-refractivity contribution in [3.63, 3.8) is 0 Å². The van der Waals surface area contributed by atoms with Crippen LogP contribution in [0.4, 0.5) is 0 Å². The topological polar surface area (TPSA) is 9.86 Å². The Bertz CT molecular complexity index is 3470. The Balaban J connectivity index is 1.12. The van der Waals surface area contributed by atoms with Crippen molar-refractivity contribution in [2.24, 2.45) is 0 Å². The minimum absolute atomic E-state index is 1.17. The number of hydrogen-bond donors (Lipinski definition) is 0. The van der Waals surface area contributed by atoms with Crippen LogP contribution >= 0.6 is 11.3 Å². The average Bonchev–Trinajstić information content (AvgIpc) is 3.91. The molecule has 2 nitrogen and oxygen atoms in total. The highest BCUT2D eigenvalue weighted by Gasteiger charge is 2.20. The molecule has 0 aliphatic rings. The van der Waals surface area contributed by atoms with Crippen LogP contribution in [0, 0.1) is 0 Å². The van der Waals surface area contributed by atoms with E-state index in [9.17, 15) is 0 Å². The zero-order chi connectivity index (χ0) is 36.0. The summed E-state index contributed by atoms with van der Waals surface area (Å²) < 4.78 is 7.54. The van der Waals surface area contributed by atoms with E-state index in [4.69, 9.17) is 0 Å². The van der Waals surface area contributed by atoms with Crippen LogP contribution in [-0.4, -0.2) is 9.13 Å². The molecule has 9 aromatic carbocycles. The van der Waals surface area contributed by atoms with Crippen molar-refractivity contribution in [1.29, 1.82) is 0 Å². The maximum atomic E-state index is 2.47. The lowest BCUT2D eigenvalue weighted by molar-refractivity contribution is 1.19. The van der Waals surface area contributed by atoms with Gasteiger partial charge < -0.3 is 9.13 Å². The molecular weight excluding hydrogens is 685 g/mol. The molecule has 0 amide bonds. The molecule has 0 spiro atoms. The first-order chi connectivity index (χ1) is 27.3. The van der Waals surface area contributed by atoms with Gasteiger partial charge in [0.15, 0.2) is 0 Å². The lowest BCUT2D eigenvalue weighted by Gasteiger charge is -2.10. The van der Waals surface area contributed by atoms with Crippen LogP contribution in [-0.2, 0) is 0 Å². The van der Waals surface area contributed by atoms with Gasteiger partial charge in [-0.3, -0.25) is 0 Å². The van der Waals surface area contributed by atoms with Crippen molar-refractivity contribution in [1.82, 2.24) is 9.13 Å². The van der Waals surface area contributed by atoms with Gasteiger partial charge in [-0.1, -0.05) is 127 Å². The van der Waals surface area contributed by atoms with Gasteiger partial charge in [0.05, 0.1) is 22.1 Å². The van der Waals surface area contributed by atoms with E-state index in [0.29, 0.717) is 0 Å². The molecule has 0 saturated heterocycles. The number of thiophene rings is 1. The van der Waals surface area contributed by atoms with Crippen molar-refractivity contribution in [3.05, 3.63) is 194 Å². The second kappa shape index (κ2) is 11.8. The summed E-state index contributed by atoms with van der Waals surface area (Å²) in [6.45, 7) is 0. The Morgan fingerprint density at radius 2 is 1.02 bits per heavy atom. The lowest BCUT2D eigenvalue weighted by Crippen LogP contribution is -1.94. The first-order valence-corrected chi connectivity index (χ1v) is 19.7. The number of fused-ring (bicyclic) bond motifs is 11. The molecule has 3 heteroatoms. The third kappa shape index (κ3) is 4.54. The van der Waals surface area contributed by atoms with Crippen molar-refractivity contribution < 1.29 is 0 Å². The first kappa shape index (κ1) is 30.5. The molecule has 0 radical (unpaired) electrons. The zero-order valence-corrected chi connectivity index (χ0v) is 30.6. The van der Waals surface area contributed by atoms with Crippen LogP contribution in [0.3, 0.4) is 0 Å². The van der Waals surface area contributed by atoms with Crippen molar-refractivity contribution in [2.45, 2.75) is 0 Å². The Morgan fingerprint density at radius 3 is 1.85 bits per heavy atom. The predicted molar refractivity (Wildman–Crippen MR) is 236 cm³/mol. The summed E-state index contributed by atoms with van der Waals surface area (Å²) in [6.07, 6.45) is 0. The number of aromatic nitrogens is 2. The highest BCUT2D eigenvalue weighted by molar-refractivity contribution is 7.25. The van der Waals surface area contributed by atoms with Crippen LogP contribution in [0.15, 0.2) is 194 Å². The van der Waals surface area contributed by atoms with Gasteiger partial charge in [0, 0.05) is 58.5 Å². The molecule has 0 aliphatic heterocycles. The highest BCUT2D eigenvalue weighted by atomic mass is 32.1. The normalized spacial score (nSPS) is 12.0. The number of para-hydroxylation sites is 1. The molecule has 0 aliphatic carbocycles. The average molecular weight is 717 g/mol. The van der Waals surface area contributed by atoms with Crippen molar-refractivity contribution >= 4 is 85.9 Å². The SMILES string of the molecule is c1ccc(-c2cccc3c2c2cc(-c4ccc5c(c4)c4ccc6ccccc6c4n5-c4ccccc4)ccc2n3-c2ccc3sc4ccccc4c3c2)cc1. The third-order valence-electron chi connectivity index (χ3n) is 11.5. The quantitative estimate of drug-likeness (QED) is 0.172. The summed E-state index contributed by atoms with van der Waals surface area (Å²) in [7, 11) is 0. The van der Waals surface area contributed by atoms with E-state index >= 15 is 0 Å². The minimum Gasteiger partial charge on any atom is -0.309 e. The van der Waals surface area contributed by atoms with Crippen LogP contribution < -0.4 is 0 Å². The van der Waals surface area contributed by atoms with Crippen molar-refractivity contribution in [2.75, 3.05) is 0 Å². The molecule has 0 unspecified atom stereocenters. The lowest BCUT2D eigenvalue weighted by atomic mass is 9.97. The van der Waals surface area contributed by atoms with E-state index in [0.717, 1.165) is 0 Å². The van der Waals surface area contributed by atoms with E-state index in [2.05, 4.69) is 203 Å². The van der Waals surface area contributed by atoms with Crippen molar-refractivity contribution in [3.8, 4) is 33.6 Å². The fourth-order valence-electron chi connectivity index (χ4n) is 9.05. The number of rotatable bonds is 4. The molecule has 0 bridgehead atoms. The second-order valence-electron chi connectivity index (χ2n) is 14.5. The van der Waals surface area contributed by atoms with Crippen LogP contribution in [0.2, 0.25) is 0 Å². The molecule has 12 rings (SSSR count). The van der Waals surface area contributed by atoms with E-state index in [-0.39, 0.29) is 0 Å². The molecule has 0 N–H and O–H groups in total. The summed E-state index contributed by atoms with van der Waals surface area (Å²) in [4.78, 5) is 0. The first-order valence-electron chi connectivity index (χ1n) is 18.8. The molecule has 55 heavy (non-hydrogen) atoms. The van der Waals surface area contributed by atoms with Gasteiger partial charge in [0.2, 0.25) is 0 Å². The molecule has 3 aromatic heterocycles. The monoisotopic (exact) mass is 716 g/mol. The summed E-state index contributed by atoms with van der Waals surface area (Å²) in [5.41, 5.74) is 12.1. The van der Waals surface area contributed by atoms with Gasteiger partial charge in [0.25, 0.3) is 0 Å². The third-order valence-corrected chi connectivity index (χ3v) is 12.6. The van der Waals surface area contributed by atoms with Crippen LogP contribution in [0.5, 0.6) is 0 Å². The second-order valence-corrected chi connectivity index (χ2v) is 15.6. The smallest absolute Gasteiger partial charge is 0.0619 e. The maximum Gasteiger partial charge on any atom is 0.0619 e. The molecule has 12 aromatic rings. The van der Waals surface area contributed by atoms with E-state index in [1.807, 2.05) is 11.3 Å². The molecule has 0 atom stereocenters. The van der Waals surface area contributed by atoms with E-state index in [1.54, 1.807) is 0 Å². The maximum absolute atomic E-state index is 2.47. The molecule has 256 valence electrons. The zero-order valence-electron chi connectivity index (χ0n) is 29.8. The highest BCUT2D eigenvalue weighted by Crippen LogP contribution is 2.43. The van der Waals surface area contributed by atoms with Gasteiger partial charge in [-0.2, -0.15) is 0 Å². The Labute approximate surface area is 321 Å². The fourth-order valence-corrected chi connectivity index (χ4v) is 10.1. The van der Waals surface area contributed by atoms with E-state index < -0.39 is 0 Å². The summed E-state index contributed by atoms with van der Waals surface area (Å²) in [5, 5.41) is 10.2.